The number of methoxy groups -OCH3 is 2. The van der Waals surface area contributed by atoms with Gasteiger partial charge in [-0.3, -0.25) is 0 Å². The normalized spacial score (nSPS) is 11.1. The van der Waals surface area contributed by atoms with Crippen molar-refractivity contribution in [2.24, 2.45) is 5.73 Å². The van der Waals surface area contributed by atoms with Gasteiger partial charge in [-0.25, -0.2) is 0 Å². The second kappa shape index (κ2) is 7.83. The van der Waals surface area contributed by atoms with Crippen LogP contribution in [-0.2, 0) is 6.42 Å². The third-order valence-electron chi connectivity index (χ3n) is 4.90. The molecule has 0 fully saturated rings. The van der Waals surface area contributed by atoms with E-state index in [1.54, 1.807) is 14.2 Å². The number of hydrogen-bond donors (Lipinski definition) is 2. The van der Waals surface area contributed by atoms with E-state index in [4.69, 9.17) is 15.2 Å². The van der Waals surface area contributed by atoms with Crippen molar-refractivity contribution in [3.05, 3.63) is 47.0 Å². The molecule has 0 radical (unpaired) electrons. The van der Waals surface area contributed by atoms with Gasteiger partial charge in [-0.2, -0.15) is 0 Å². The van der Waals surface area contributed by atoms with Crippen LogP contribution in [0.4, 0.5) is 0 Å². The Morgan fingerprint density at radius 3 is 2.50 bits per heavy atom. The zero-order valence-corrected chi connectivity index (χ0v) is 16.1. The van der Waals surface area contributed by atoms with Crippen LogP contribution in [0.25, 0.3) is 22.2 Å². The molecule has 0 aliphatic heterocycles. The highest BCUT2D eigenvalue weighted by Crippen LogP contribution is 2.39. The molecule has 1 aromatic heterocycles. The van der Waals surface area contributed by atoms with E-state index in [1.807, 2.05) is 12.1 Å². The highest BCUT2D eigenvalue weighted by Gasteiger charge is 2.18. The molecule has 3 aromatic rings. The molecule has 4 nitrogen and oxygen atoms in total. The number of fused-ring (bicyclic) bond motifs is 1. The zero-order valence-electron chi connectivity index (χ0n) is 16.1. The van der Waals surface area contributed by atoms with Gasteiger partial charge in [0.25, 0.3) is 0 Å². The van der Waals surface area contributed by atoms with Crippen LogP contribution < -0.4 is 15.2 Å². The highest BCUT2D eigenvalue weighted by molar-refractivity contribution is 5.94. The van der Waals surface area contributed by atoms with Crippen LogP contribution in [0.3, 0.4) is 0 Å². The Morgan fingerprint density at radius 2 is 1.81 bits per heavy atom. The molecule has 0 spiro atoms. The van der Waals surface area contributed by atoms with E-state index in [0.29, 0.717) is 0 Å². The molecular weight excluding hydrogens is 324 g/mol. The third kappa shape index (κ3) is 3.42. The Hall–Kier alpha value is -2.46. The molecule has 0 saturated carbocycles. The van der Waals surface area contributed by atoms with Gasteiger partial charge in [-0.1, -0.05) is 6.07 Å². The van der Waals surface area contributed by atoms with E-state index < -0.39 is 0 Å². The number of benzene rings is 2. The molecule has 2 aromatic carbocycles. The predicted octanol–water partition coefficient (Wildman–Crippen LogP) is 4.75. The second-order valence-electron chi connectivity index (χ2n) is 6.79. The summed E-state index contributed by atoms with van der Waals surface area (Å²) in [6.07, 6.45) is 3.09. The van der Waals surface area contributed by atoms with Crippen molar-refractivity contribution in [3.63, 3.8) is 0 Å². The van der Waals surface area contributed by atoms with E-state index in [9.17, 15) is 0 Å². The van der Waals surface area contributed by atoms with Crippen LogP contribution in [0, 0.1) is 13.8 Å². The van der Waals surface area contributed by atoms with Crippen molar-refractivity contribution in [2.45, 2.75) is 33.1 Å². The molecule has 0 amide bonds. The summed E-state index contributed by atoms with van der Waals surface area (Å²) in [7, 11) is 3.37. The fraction of sp³-hybridized carbons (Fsp3) is 0.364. The lowest BCUT2D eigenvalue weighted by Crippen LogP contribution is -2.00. The van der Waals surface area contributed by atoms with Crippen LogP contribution in [0.5, 0.6) is 11.5 Å². The standard InChI is InChI=1S/C22H28N2O2/c1-14-11-15(2)21-18(7-5-6-10-23)22(24-19(21)12-14)17-9-8-16(25-3)13-20(17)26-4/h8-9,11-13,24H,5-7,10,23H2,1-4H3. The first-order valence-corrected chi connectivity index (χ1v) is 9.13. The minimum absolute atomic E-state index is 0.724. The van der Waals surface area contributed by atoms with E-state index in [0.717, 1.165) is 48.6 Å². The average Bonchev–Trinajstić information content (AvgIpc) is 2.99. The smallest absolute Gasteiger partial charge is 0.131 e. The number of nitrogens with two attached hydrogens (primary N) is 1. The molecule has 0 aliphatic rings. The van der Waals surface area contributed by atoms with E-state index >= 15 is 0 Å². The maximum absolute atomic E-state index is 5.72. The van der Waals surface area contributed by atoms with Crippen LogP contribution in [0.1, 0.15) is 29.5 Å². The van der Waals surface area contributed by atoms with Crippen molar-refractivity contribution in [1.82, 2.24) is 4.98 Å². The fourth-order valence-electron chi connectivity index (χ4n) is 3.73. The first kappa shape index (κ1) is 18.3. The van der Waals surface area contributed by atoms with Gasteiger partial charge in [-0.05, 0) is 74.5 Å². The second-order valence-corrected chi connectivity index (χ2v) is 6.79. The lowest BCUT2D eigenvalue weighted by Gasteiger charge is -2.12. The summed E-state index contributed by atoms with van der Waals surface area (Å²) >= 11 is 0. The molecule has 138 valence electrons. The molecule has 4 heteroatoms. The lowest BCUT2D eigenvalue weighted by molar-refractivity contribution is 0.395. The molecule has 0 aliphatic carbocycles. The number of aryl methyl sites for hydroxylation is 3. The predicted molar refractivity (Wildman–Crippen MR) is 108 cm³/mol. The van der Waals surface area contributed by atoms with Gasteiger partial charge in [0.1, 0.15) is 11.5 Å². The summed E-state index contributed by atoms with van der Waals surface area (Å²) in [5.74, 6) is 1.60. The Bertz CT molecular complexity index is 912. The third-order valence-corrected chi connectivity index (χ3v) is 4.90. The fourth-order valence-corrected chi connectivity index (χ4v) is 3.73. The molecule has 3 N–H and O–H groups in total. The highest BCUT2D eigenvalue weighted by atomic mass is 16.5. The quantitative estimate of drug-likeness (QED) is 0.603. The first-order valence-electron chi connectivity index (χ1n) is 9.13. The van der Waals surface area contributed by atoms with Crippen LogP contribution in [0.2, 0.25) is 0 Å². The molecular formula is C22H28N2O2. The van der Waals surface area contributed by atoms with Gasteiger partial charge in [0, 0.05) is 22.5 Å². The SMILES string of the molecule is COc1ccc(-c2[nH]c3cc(C)cc(C)c3c2CCCCN)c(OC)c1. The average molecular weight is 352 g/mol. The number of H-pyrrole nitrogens is 1. The van der Waals surface area contributed by atoms with Crippen molar-refractivity contribution in [1.29, 1.82) is 0 Å². The monoisotopic (exact) mass is 352 g/mol. The maximum Gasteiger partial charge on any atom is 0.131 e. The summed E-state index contributed by atoms with van der Waals surface area (Å²) in [6, 6.07) is 10.4. The minimum Gasteiger partial charge on any atom is -0.497 e. The molecule has 0 unspecified atom stereocenters. The minimum atomic E-state index is 0.724. The molecule has 1 heterocycles. The largest absolute Gasteiger partial charge is 0.497 e. The number of rotatable bonds is 7. The maximum atomic E-state index is 5.72. The van der Waals surface area contributed by atoms with Gasteiger partial charge in [0.15, 0.2) is 0 Å². The summed E-state index contributed by atoms with van der Waals surface area (Å²) in [5, 5.41) is 1.32. The summed E-state index contributed by atoms with van der Waals surface area (Å²) in [6.45, 7) is 5.04. The molecule has 0 bridgehead atoms. The van der Waals surface area contributed by atoms with Crippen molar-refractivity contribution in [3.8, 4) is 22.8 Å². The van der Waals surface area contributed by atoms with Gasteiger partial charge in [-0.15, -0.1) is 0 Å². The van der Waals surface area contributed by atoms with Gasteiger partial charge >= 0.3 is 0 Å². The van der Waals surface area contributed by atoms with E-state index in [2.05, 4.69) is 37.0 Å². The van der Waals surface area contributed by atoms with Crippen LogP contribution >= 0.6 is 0 Å². The Morgan fingerprint density at radius 1 is 1.00 bits per heavy atom. The first-order chi connectivity index (χ1) is 12.6. The molecule has 0 saturated heterocycles. The Kier molecular flexibility index (Phi) is 5.52. The van der Waals surface area contributed by atoms with Crippen LogP contribution in [0.15, 0.2) is 30.3 Å². The number of hydrogen-bond acceptors (Lipinski definition) is 3. The van der Waals surface area contributed by atoms with Crippen LogP contribution in [-0.4, -0.2) is 25.7 Å². The zero-order chi connectivity index (χ0) is 18.7. The molecule has 0 atom stereocenters. The van der Waals surface area contributed by atoms with Crippen molar-refractivity contribution >= 4 is 10.9 Å². The number of aromatic amines is 1. The van der Waals surface area contributed by atoms with Gasteiger partial charge in [0.2, 0.25) is 0 Å². The van der Waals surface area contributed by atoms with Gasteiger partial charge in [0.05, 0.1) is 19.9 Å². The van der Waals surface area contributed by atoms with Gasteiger partial charge < -0.3 is 20.2 Å². The molecule has 26 heavy (non-hydrogen) atoms. The number of nitrogens with one attached hydrogen (secondary N) is 1. The topological polar surface area (TPSA) is 60.3 Å². The summed E-state index contributed by atoms with van der Waals surface area (Å²) < 4.78 is 11.0. The number of unbranched alkanes of at least 4 members (excludes halogenated alkanes) is 1. The van der Waals surface area contributed by atoms with E-state index in [-0.39, 0.29) is 0 Å². The Labute approximate surface area is 155 Å². The van der Waals surface area contributed by atoms with Crippen molar-refractivity contribution in [2.75, 3.05) is 20.8 Å². The lowest BCUT2D eigenvalue weighted by atomic mass is 9.96. The number of ether oxygens (including phenoxy) is 2. The summed E-state index contributed by atoms with van der Waals surface area (Å²) in [4.78, 5) is 3.65. The van der Waals surface area contributed by atoms with E-state index in [1.165, 1.54) is 27.6 Å². The van der Waals surface area contributed by atoms with Crippen molar-refractivity contribution < 1.29 is 9.47 Å². The summed E-state index contributed by atoms with van der Waals surface area (Å²) in [5.41, 5.74) is 13.0. The Balaban J connectivity index is 2.21. The molecule has 3 rings (SSSR count). The number of aromatic nitrogens is 1.